The first-order valence-electron chi connectivity index (χ1n) is 8.07. The third-order valence-electron chi connectivity index (χ3n) is 4.01. The fraction of sp³-hybridized carbons (Fsp3) is 0.0952. The highest BCUT2D eigenvalue weighted by Crippen LogP contribution is 2.27. The fourth-order valence-corrected chi connectivity index (χ4v) is 3.29. The zero-order chi connectivity index (χ0) is 18.5. The molecule has 0 heterocycles. The van der Waals surface area contributed by atoms with Gasteiger partial charge in [0.1, 0.15) is 0 Å². The maximum atomic E-state index is 12.8. The minimum atomic E-state index is -0.132. The lowest BCUT2D eigenvalue weighted by molar-refractivity contribution is 0.0976. The molecular formula is C21H16Br2ClNO. The number of anilines is 1. The minimum absolute atomic E-state index is 0.0687. The molecule has 0 amide bonds. The van der Waals surface area contributed by atoms with E-state index < -0.39 is 0 Å². The molecule has 0 saturated heterocycles. The number of carbonyl (C=O) groups is 1. The summed E-state index contributed by atoms with van der Waals surface area (Å²) in [5.41, 5.74) is 2.68. The van der Waals surface area contributed by atoms with Gasteiger partial charge in [0.25, 0.3) is 0 Å². The molecule has 0 fully saturated rings. The number of Topliss-reactive ketones (excluding diaryl/α,β-unsaturated/α-hetero) is 1. The number of rotatable bonds is 6. The standard InChI is InChI=1S/C21H16Br2ClNO/c22-16-5-1-14(2-6-16)20(25-19-11-7-17(23)8-12-19)13-21(26)15-3-9-18(24)10-4-15/h1-12,20,25H,13H2. The summed E-state index contributed by atoms with van der Waals surface area (Å²) in [4.78, 5) is 12.8. The number of hydrogen-bond acceptors (Lipinski definition) is 2. The molecule has 0 aliphatic heterocycles. The molecule has 0 aliphatic rings. The van der Waals surface area contributed by atoms with Crippen LogP contribution in [0.4, 0.5) is 5.69 Å². The zero-order valence-corrected chi connectivity index (χ0v) is 17.7. The molecule has 0 bridgehead atoms. The quantitative estimate of drug-likeness (QED) is 0.365. The maximum absolute atomic E-state index is 12.8. The van der Waals surface area contributed by atoms with Crippen LogP contribution in [0, 0.1) is 0 Å². The lowest BCUT2D eigenvalue weighted by Crippen LogP contribution is -2.15. The molecule has 2 nitrogen and oxygen atoms in total. The molecule has 3 aromatic rings. The van der Waals surface area contributed by atoms with Crippen LogP contribution in [0.2, 0.25) is 5.02 Å². The second kappa shape index (κ2) is 8.85. The highest BCUT2D eigenvalue weighted by atomic mass is 79.9. The SMILES string of the molecule is O=C(CC(Nc1ccc(Br)cc1)c1ccc(Br)cc1)c1ccc(Cl)cc1. The van der Waals surface area contributed by atoms with Crippen molar-refractivity contribution in [3.05, 3.63) is 97.9 Å². The average Bonchev–Trinajstić information content (AvgIpc) is 2.64. The highest BCUT2D eigenvalue weighted by Gasteiger charge is 2.17. The molecule has 1 atom stereocenters. The number of carbonyl (C=O) groups excluding carboxylic acids is 1. The smallest absolute Gasteiger partial charge is 0.165 e. The molecule has 3 aromatic carbocycles. The van der Waals surface area contributed by atoms with Gasteiger partial charge in [0, 0.05) is 31.6 Å². The average molecular weight is 494 g/mol. The van der Waals surface area contributed by atoms with Crippen molar-refractivity contribution in [3.63, 3.8) is 0 Å². The minimum Gasteiger partial charge on any atom is -0.378 e. The van der Waals surface area contributed by atoms with Gasteiger partial charge in [-0.05, 0) is 66.2 Å². The number of ketones is 1. The van der Waals surface area contributed by atoms with Gasteiger partial charge in [-0.15, -0.1) is 0 Å². The van der Waals surface area contributed by atoms with Gasteiger partial charge < -0.3 is 5.32 Å². The Labute approximate surface area is 174 Å². The van der Waals surface area contributed by atoms with Crippen LogP contribution in [0.25, 0.3) is 0 Å². The Bertz CT molecular complexity index is 877. The van der Waals surface area contributed by atoms with Crippen molar-refractivity contribution < 1.29 is 4.79 Å². The Kier molecular flexibility index (Phi) is 6.52. The topological polar surface area (TPSA) is 29.1 Å². The molecule has 0 aromatic heterocycles. The Balaban J connectivity index is 1.84. The summed E-state index contributed by atoms with van der Waals surface area (Å²) in [5, 5.41) is 4.10. The Hall–Kier alpha value is -1.62. The van der Waals surface area contributed by atoms with Crippen molar-refractivity contribution in [1.82, 2.24) is 0 Å². The summed E-state index contributed by atoms with van der Waals surface area (Å²) in [6.07, 6.45) is 0.347. The van der Waals surface area contributed by atoms with E-state index in [9.17, 15) is 4.79 Å². The normalized spacial score (nSPS) is 11.8. The van der Waals surface area contributed by atoms with Crippen LogP contribution < -0.4 is 5.32 Å². The van der Waals surface area contributed by atoms with Crippen LogP contribution in [0.5, 0.6) is 0 Å². The molecule has 5 heteroatoms. The Morgan fingerprint density at radius 2 is 1.38 bits per heavy atom. The van der Waals surface area contributed by atoms with Gasteiger partial charge >= 0.3 is 0 Å². The lowest BCUT2D eigenvalue weighted by atomic mass is 9.97. The second-order valence-corrected chi connectivity index (χ2v) is 8.16. The number of hydrogen-bond donors (Lipinski definition) is 1. The molecule has 0 spiro atoms. The maximum Gasteiger partial charge on any atom is 0.165 e. The van der Waals surface area contributed by atoms with Gasteiger partial charge in [0.2, 0.25) is 0 Å². The molecule has 1 N–H and O–H groups in total. The van der Waals surface area contributed by atoms with Gasteiger partial charge in [0.15, 0.2) is 5.78 Å². The molecule has 26 heavy (non-hydrogen) atoms. The third kappa shape index (κ3) is 5.19. The molecule has 0 saturated carbocycles. The van der Waals surface area contributed by atoms with Crippen LogP contribution in [-0.4, -0.2) is 5.78 Å². The van der Waals surface area contributed by atoms with E-state index in [0.29, 0.717) is 17.0 Å². The fourth-order valence-electron chi connectivity index (χ4n) is 2.63. The summed E-state index contributed by atoms with van der Waals surface area (Å²) in [6, 6.07) is 22.8. The zero-order valence-electron chi connectivity index (χ0n) is 13.8. The van der Waals surface area contributed by atoms with E-state index in [-0.39, 0.29) is 11.8 Å². The van der Waals surface area contributed by atoms with E-state index in [2.05, 4.69) is 37.2 Å². The van der Waals surface area contributed by atoms with Crippen LogP contribution in [0.1, 0.15) is 28.4 Å². The van der Waals surface area contributed by atoms with Crippen molar-refractivity contribution in [3.8, 4) is 0 Å². The van der Waals surface area contributed by atoms with Gasteiger partial charge in [-0.2, -0.15) is 0 Å². The first-order valence-corrected chi connectivity index (χ1v) is 10.0. The number of halogens is 3. The van der Waals surface area contributed by atoms with Crippen molar-refractivity contribution >= 4 is 54.9 Å². The molecule has 1 unspecified atom stereocenters. The van der Waals surface area contributed by atoms with Crippen LogP contribution >= 0.6 is 43.5 Å². The van der Waals surface area contributed by atoms with Crippen molar-refractivity contribution in [1.29, 1.82) is 0 Å². The Morgan fingerprint density at radius 3 is 1.96 bits per heavy atom. The first-order chi connectivity index (χ1) is 12.5. The largest absolute Gasteiger partial charge is 0.378 e. The molecule has 132 valence electrons. The Morgan fingerprint density at radius 1 is 0.846 bits per heavy atom. The third-order valence-corrected chi connectivity index (χ3v) is 5.32. The summed E-state index contributed by atoms with van der Waals surface area (Å²) >= 11 is 12.8. The number of nitrogens with one attached hydrogen (secondary N) is 1. The van der Waals surface area contributed by atoms with E-state index in [0.717, 1.165) is 20.2 Å². The summed E-state index contributed by atoms with van der Waals surface area (Å²) < 4.78 is 2.02. The summed E-state index contributed by atoms with van der Waals surface area (Å²) in [7, 11) is 0. The summed E-state index contributed by atoms with van der Waals surface area (Å²) in [6.45, 7) is 0. The van der Waals surface area contributed by atoms with E-state index in [1.54, 1.807) is 24.3 Å². The first kappa shape index (κ1) is 19.2. The molecule has 0 aliphatic carbocycles. The highest BCUT2D eigenvalue weighted by molar-refractivity contribution is 9.10. The van der Waals surface area contributed by atoms with E-state index >= 15 is 0 Å². The predicted octanol–water partition coefficient (Wildman–Crippen LogP) is 7.29. The van der Waals surface area contributed by atoms with Crippen LogP contribution in [-0.2, 0) is 0 Å². The van der Waals surface area contributed by atoms with Crippen LogP contribution in [0.15, 0.2) is 81.7 Å². The van der Waals surface area contributed by atoms with E-state index in [4.69, 9.17) is 11.6 Å². The lowest BCUT2D eigenvalue weighted by Gasteiger charge is -2.20. The monoisotopic (exact) mass is 491 g/mol. The predicted molar refractivity (Wildman–Crippen MR) is 115 cm³/mol. The molecular weight excluding hydrogens is 477 g/mol. The van der Waals surface area contributed by atoms with Crippen molar-refractivity contribution in [2.45, 2.75) is 12.5 Å². The summed E-state index contributed by atoms with van der Waals surface area (Å²) in [5.74, 6) is 0.0687. The van der Waals surface area contributed by atoms with Gasteiger partial charge in [-0.3, -0.25) is 4.79 Å². The number of benzene rings is 3. The van der Waals surface area contributed by atoms with Gasteiger partial charge in [0.05, 0.1) is 6.04 Å². The van der Waals surface area contributed by atoms with E-state index in [1.807, 2.05) is 48.5 Å². The second-order valence-electron chi connectivity index (χ2n) is 5.89. The molecule has 3 rings (SSSR count). The van der Waals surface area contributed by atoms with E-state index in [1.165, 1.54) is 0 Å². The van der Waals surface area contributed by atoms with Crippen molar-refractivity contribution in [2.24, 2.45) is 0 Å². The molecule has 0 radical (unpaired) electrons. The van der Waals surface area contributed by atoms with Gasteiger partial charge in [-0.1, -0.05) is 55.6 Å². The van der Waals surface area contributed by atoms with Crippen LogP contribution in [0.3, 0.4) is 0 Å². The van der Waals surface area contributed by atoms with Gasteiger partial charge in [-0.25, -0.2) is 0 Å². The van der Waals surface area contributed by atoms with Crippen molar-refractivity contribution in [2.75, 3.05) is 5.32 Å².